The lowest BCUT2D eigenvalue weighted by Gasteiger charge is -1.81. The molecule has 0 fully saturated rings. The predicted octanol–water partition coefficient (Wildman–Crippen LogP) is 0.656. The summed E-state index contributed by atoms with van der Waals surface area (Å²) in [6, 6.07) is 1.65. The minimum absolute atomic E-state index is 0.0574. The molecule has 0 unspecified atom stereocenters. The van der Waals surface area contributed by atoms with E-state index in [2.05, 4.69) is 15.0 Å². The Balaban J connectivity index is 2.70. The van der Waals surface area contributed by atoms with Crippen molar-refractivity contribution in [1.29, 1.82) is 0 Å². The Kier molecular flexibility index (Phi) is 1.30. The highest BCUT2D eigenvalue weighted by atomic mass is 16.4. The molecule has 60 valence electrons. The zero-order valence-electron chi connectivity index (χ0n) is 5.98. The number of rotatable bonds is 1. The number of hydrogen-bond donors (Lipinski definition) is 2. The first-order valence-electron chi connectivity index (χ1n) is 3.30. The van der Waals surface area contributed by atoms with Crippen LogP contribution in [0.25, 0.3) is 11.0 Å². The molecule has 0 saturated heterocycles. The van der Waals surface area contributed by atoms with Crippen molar-refractivity contribution in [3.8, 4) is 0 Å². The van der Waals surface area contributed by atoms with Gasteiger partial charge in [0, 0.05) is 6.20 Å². The smallest absolute Gasteiger partial charge is 0.371 e. The molecule has 2 heterocycles. The molecule has 0 amide bonds. The van der Waals surface area contributed by atoms with Gasteiger partial charge in [-0.15, -0.1) is 0 Å². The van der Waals surface area contributed by atoms with Crippen LogP contribution < -0.4 is 0 Å². The second kappa shape index (κ2) is 2.30. The molecule has 0 aliphatic heterocycles. The largest absolute Gasteiger partial charge is 0.475 e. The standard InChI is InChI=1S/C7H5N3O2/c11-7(12)6-9-4-1-2-8-3-5(4)10-6/h1-3H,(H,9,10)(H,11,12). The molecule has 2 rings (SSSR count). The Labute approximate surface area is 67.1 Å². The van der Waals surface area contributed by atoms with Gasteiger partial charge in [-0.05, 0) is 6.07 Å². The molecule has 0 spiro atoms. The number of aromatic carboxylic acids is 1. The van der Waals surface area contributed by atoms with Gasteiger partial charge in [0.25, 0.3) is 0 Å². The average Bonchev–Trinajstić information content (AvgIpc) is 2.46. The zero-order valence-corrected chi connectivity index (χ0v) is 5.98. The van der Waals surface area contributed by atoms with E-state index in [0.29, 0.717) is 11.0 Å². The number of aromatic amines is 1. The van der Waals surface area contributed by atoms with Gasteiger partial charge in [0.2, 0.25) is 5.82 Å². The third-order valence-electron chi connectivity index (χ3n) is 1.49. The number of imidazole rings is 1. The number of carboxylic acids is 1. The van der Waals surface area contributed by atoms with E-state index >= 15 is 0 Å². The van der Waals surface area contributed by atoms with Crippen LogP contribution in [0.5, 0.6) is 0 Å². The van der Waals surface area contributed by atoms with Gasteiger partial charge < -0.3 is 10.1 Å². The molecule has 5 nitrogen and oxygen atoms in total. The van der Waals surface area contributed by atoms with Crippen LogP contribution in [0.15, 0.2) is 18.5 Å². The minimum atomic E-state index is -1.06. The maximum absolute atomic E-state index is 10.5. The molecular formula is C7H5N3O2. The first-order valence-corrected chi connectivity index (χ1v) is 3.30. The van der Waals surface area contributed by atoms with E-state index in [1.165, 1.54) is 6.20 Å². The Hall–Kier alpha value is -1.91. The second-order valence-electron chi connectivity index (χ2n) is 2.28. The maximum Gasteiger partial charge on any atom is 0.371 e. The lowest BCUT2D eigenvalue weighted by Crippen LogP contribution is -1.97. The molecule has 0 atom stereocenters. The molecule has 0 aliphatic carbocycles. The lowest BCUT2D eigenvalue weighted by molar-refractivity contribution is 0.0685. The van der Waals surface area contributed by atoms with Crippen LogP contribution in [0.1, 0.15) is 10.6 Å². The van der Waals surface area contributed by atoms with Crippen LogP contribution in [0, 0.1) is 0 Å². The lowest BCUT2D eigenvalue weighted by atomic mass is 10.4. The highest BCUT2D eigenvalue weighted by molar-refractivity contribution is 5.88. The van der Waals surface area contributed by atoms with Crippen molar-refractivity contribution < 1.29 is 9.90 Å². The van der Waals surface area contributed by atoms with Gasteiger partial charge in [-0.3, -0.25) is 4.98 Å². The molecule has 2 aromatic rings. The van der Waals surface area contributed by atoms with Crippen LogP contribution in [-0.4, -0.2) is 26.0 Å². The van der Waals surface area contributed by atoms with Gasteiger partial charge in [0.1, 0.15) is 0 Å². The number of fused-ring (bicyclic) bond motifs is 1. The Bertz CT molecular complexity index is 402. The van der Waals surface area contributed by atoms with Crippen LogP contribution in [0.2, 0.25) is 0 Å². The summed E-state index contributed by atoms with van der Waals surface area (Å²) >= 11 is 0. The summed E-state index contributed by atoms with van der Waals surface area (Å²) in [6.45, 7) is 0. The number of nitrogens with one attached hydrogen (secondary N) is 1. The first-order chi connectivity index (χ1) is 5.77. The van der Waals surface area contributed by atoms with Crippen molar-refractivity contribution in [2.45, 2.75) is 0 Å². The summed E-state index contributed by atoms with van der Waals surface area (Å²) in [4.78, 5) is 20.7. The number of aromatic nitrogens is 3. The molecule has 0 saturated carbocycles. The SMILES string of the molecule is O=C(O)c1nc2ccncc2[nH]1. The molecule has 0 bridgehead atoms. The average molecular weight is 163 g/mol. The summed E-state index contributed by atoms with van der Waals surface area (Å²) in [7, 11) is 0. The van der Waals surface area contributed by atoms with E-state index in [-0.39, 0.29) is 5.82 Å². The van der Waals surface area contributed by atoms with Crippen LogP contribution in [-0.2, 0) is 0 Å². The quantitative estimate of drug-likeness (QED) is 0.647. The van der Waals surface area contributed by atoms with Gasteiger partial charge in [0.05, 0.1) is 17.2 Å². The third-order valence-corrected chi connectivity index (χ3v) is 1.49. The van der Waals surface area contributed by atoms with Crippen molar-refractivity contribution in [2.24, 2.45) is 0 Å². The topological polar surface area (TPSA) is 78.9 Å². The molecule has 2 N–H and O–H groups in total. The van der Waals surface area contributed by atoms with E-state index in [1.807, 2.05) is 0 Å². The van der Waals surface area contributed by atoms with Crippen molar-refractivity contribution in [1.82, 2.24) is 15.0 Å². The van der Waals surface area contributed by atoms with Crippen LogP contribution >= 0.6 is 0 Å². The van der Waals surface area contributed by atoms with E-state index in [0.717, 1.165) is 0 Å². The summed E-state index contributed by atoms with van der Waals surface area (Å²) in [5, 5.41) is 8.57. The highest BCUT2D eigenvalue weighted by Crippen LogP contribution is 2.07. The maximum atomic E-state index is 10.5. The highest BCUT2D eigenvalue weighted by Gasteiger charge is 2.07. The molecule has 0 aliphatic rings. The predicted molar refractivity (Wildman–Crippen MR) is 40.8 cm³/mol. The van der Waals surface area contributed by atoms with Crippen LogP contribution in [0.3, 0.4) is 0 Å². The molecule has 12 heavy (non-hydrogen) atoms. The number of nitrogens with zero attached hydrogens (tertiary/aromatic N) is 2. The van der Waals surface area contributed by atoms with E-state index in [1.54, 1.807) is 12.3 Å². The fourth-order valence-electron chi connectivity index (χ4n) is 0.958. The zero-order chi connectivity index (χ0) is 8.55. The molecule has 5 heteroatoms. The number of hydrogen-bond acceptors (Lipinski definition) is 3. The summed E-state index contributed by atoms with van der Waals surface area (Å²) in [5.74, 6) is -1.12. The normalized spacial score (nSPS) is 10.3. The summed E-state index contributed by atoms with van der Waals surface area (Å²) in [6.07, 6.45) is 3.10. The molecule has 0 aromatic carbocycles. The fourth-order valence-corrected chi connectivity index (χ4v) is 0.958. The molecule has 2 aromatic heterocycles. The minimum Gasteiger partial charge on any atom is -0.475 e. The van der Waals surface area contributed by atoms with Crippen molar-refractivity contribution in [2.75, 3.05) is 0 Å². The van der Waals surface area contributed by atoms with Gasteiger partial charge in [-0.2, -0.15) is 0 Å². The monoisotopic (exact) mass is 163 g/mol. The van der Waals surface area contributed by atoms with Crippen molar-refractivity contribution in [3.05, 3.63) is 24.3 Å². The fraction of sp³-hybridized carbons (Fsp3) is 0. The van der Waals surface area contributed by atoms with Gasteiger partial charge in [-0.25, -0.2) is 9.78 Å². The summed E-state index contributed by atoms with van der Waals surface area (Å²) in [5.41, 5.74) is 1.25. The Morgan fingerprint density at radius 3 is 3.08 bits per heavy atom. The first kappa shape index (κ1) is 6.78. The number of carboxylic acid groups (broad SMARTS) is 1. The van der Waals surface area contributed by atoms with Gasteiger partial charge >= 0.3 is 5.97 Å². The number of pyridine rings is 1. The van der Waals surface area contributed by atoms with Crippen molar-refractivity contribution >= 4 is 17.0 Å². The van der Waals surface area contributed by atoms with Crippen molar-refractivity contribution in [3.63, 3.8) is 0 Å². The van der Waals surface area contributed by atoms with Gasteiger partial charge in [0.15, 0.2) is 0 Å². The summed E-state index contributed by atoms with van der Waals surface area (Å²) < 4.78 is 0. The number of H-pyrrole nitrogens is 1. The van der Waals surface area contributed by atoms with E-state index in [9.17, 15) is 4.79 Å². The van der Waals surface area contributed by atoms with E-state index in [4.69, 9.17) is 5.11 Å². The third kappa shape index (κ3) is 0.914. The van der Waals surface area contributed by atoms with E-state index < -0.39 is 5.97 Å². The molecular weight excluding hydrogens is 158 g/mol. The Morgan fingerprint density at radius 1 is 1.58 bits per heavy atom. The van der Waals surface area contributed by atoms with Gasteiger partial charge in [-0.1, -0.05) is 0 Å². The number of carbonyl (C=O) groups is 1. The Morgan fingerprint density at radius 2 is 2.42 bits per heavy atom. The van der Waals surface area contributed by atoms with Crippen LogP contribution in [0.4, 0.5) is 0 Å². The molecule has 0 radical (unpaired) electrons. The second-order valence-corrected chi connectivity index (χ2v) is 2.28.